The van der Waals surface area contributed by atoms with E-state index in [1.807, 2.05) is 18.2 Å². The van der Waals surface area contributed by atoms with Gasteiger partial charge in [0.2, 0.25) is 0 Å². The normalized spacial score (nSPS) is 11.0. The third kappa shape index (κ3) is 6.04. The van der Waals surface area contributed by atoms with E-state index in [1.165, 1.54) is 6.08 Å². The molecule has 0 aliphatic heterocycles. The predicted molar refractivity (Wildman–Crippen MR) is 49.7 cm³/mol. The molecule has 0 bridgehead atoms. The molecular weight excluding hydrogens is 198 g/mol. The number of hydrogen-bond donors (Lipinski definition) is 2. The molecule has 0 aromatic heterocycles. The van der Waals surface area contributed by atoms with Crippen LogP contribution in [0.15, 0.2) is 36.6 Å². The third-order valence-corrected chi connectivity index (χ3v) is 1.65. The molecule has 0 radical (unpaired) electrons. The van der Waals surface area contributed by atoms with Crippen LogP contribution in [0.1, 0.15) is 6.99 Å². The average Bonchev–Trinajstić information content (AvgIpc) is 2.04. The molecule has 6 heteroatoms. The van der Waals surface area contributed by atoms with E-state index in [4.69, 9.17) is 9.79 Å². The van der Waals surface area contributed by atoms with E-state index in [2.05, 4.69) is 4.52 Å². The van der Waals surface area contributed by atoms with Gasteiger partial charge in [0, 0.05) is 0 Å². The van der Waals surface area contributed by atoms with Crippen molar-refractivity contribution < 1.29 is 39.2 Å². The Kier molecular flexibility index (Phi) is 5.86. The molecule has 0 saturated heterocycles. The smallest absolute Gasteiger partial charge is 1.00 e. The van der Waals surface area contributed by atoms with Gasteiger partial charge in [0.05, 0.1) is 6.26 Å². The van der Waals surface area contributed by atoms with Crippen molar-refractivity contribution in [2.45, 2.75) is 0 Å². The van der Waals surface area contributed by atoms with E-state index in [1.54, 1.807) is 12.1 Å². The van der Waals surface area contributed by atoms with Crippen molar-refractivity contribution in [3.05, 3.63) is 42.2 Å². The van der Waals surface area contributed by atoms with Crippen LogP contribution >= 0.6 is 7.82 Å². The van der Waals surface area contributed by atoms with E-state index in [-0.39, 0.29) is 20.3 Å². The molecule has 1 aromatic rings. The first kappa shape index (κ1) is 13.5. The van der Waals surface area contributed by atoms with E-state index in [0.29, 0.717) is 0 Å². The summed E-state index contributed by atoms with van der Waals surface area (Å²) in [6.07, 6.45) is 2.45. The zero-order valence-corrected chi connectivity index (χ0v) is 8.59. The largest absolute Gasteiger partial charge is 1.00 e. The minimum Gasteiger partial charge on any atom is -1.00 e. The summed E-state index contributed by atoms with van der Waals surface area (Å²) in [6.45, 7) is 0. The molecule has 0 spiro atoms. The van der Waals surface area contributed by atoms with E-state index < -0.39 is 7.82 Å². The molecule has 2 N–H and O–H groups in total. The molecule has 0 unspecified atom stereocenters. The summed E-state index contributed by atoms with van der Waals surface area (Å²) in [4.78, 5) is 16.7. The van der Waals surface area contributed by atoms with Gasteiger partial charge in [-0.05, 0) is 11.6 Å². The first-order chi connectivity index (χ1) is 6.08. The predicted octanol–water partition coefficient (Wildman–Crippen LogP) is -1.12. The topological polar surface area (TPSA) is 66.8 Å². The molecular formula is C8H10LiO4P. The van der Waals surface area contributed by atoms with Crippen LogP contribution in [0, 0.1) is 0 Å². The fourth-order valence-electron chi connectivity index (χ4n) is 0.752. The molecule has 0 amide bonds. The van der Waals surface area contributed by atoms with E-state index in [0.717, 1.165) is 11.8 Å². The summed E-state index contributed by atoms with van der Waals surface area (Å²) in [7, 11) is -4.39. The van der Waals surface area contributed by atoms with Crippen LogP contribution < -0.4 is 18.9 Å². The summed E-state index contributed by atoms with van der Waals surface area (Å²) >= 11 is 0. The third-order valence-electron chi connectivity index (χ3n) is 1.26. The van der Waals surface area contributed by atoms with Crippen LogP contribution in [0.5, 0.6) is 0 Å². The zero-order valence-electron chi connectivity index (χ0n) is 8.70. The van der Waals surface area contributed by atoms with Gasteiger partial charge in [-0.15, -0.1) is 0 Å². The summed E-state index contributed by atoms with van der Waals surface area (Å²) in [5.41, 5.74) is 0.816. The first-order valence-electron chi connectivity index (χ1n) is 3.53. The van der Waals surface area contributed by atoms with Crippen molar-refractivity contribution in [3.63, 3.8) is 0 Å². The molecule has 14 heavy (non-hydrogen) atoms. The molecule has 0 atom stereocenters. The van der Waals surface area contributed by atoms with Crippen molar-refractivity contribution in [2.24, 2.45) is 0 Å². The van der Waals surface area contributed by atoms with Gasteiger partial charge in [0.15, 0.2) is 0 Å². The standard InChI is InChI=1S/C8H9O4P.Li.H/c9-13(10,11)12-7-6-8-4-2-1-3-5-8;;/h1-7H,(H2,9,10,11);;/q;+1;-1. The molecule has 0 fully saturated rings. The van der Waals surface area contributed by atoms with Gasteiger partial charge in [-0.1, -0.05) is 30.3 Å². The molecule has 0 aliphatic carbocycles. The summed E-state index contributed by atoms with van der Waals surface area (Å²) in [5.74, 6) is 0. The van der Waals surface area contributed by atoms with Crippen LogP contribution in [0.25, 0.3) is 6.08 Å². The van der Waals surface area contributed by atoms with Gasteiger partial charge < -0.3 is 5.95 Å². The molecule has 1 rings (SSSR count). The second-order valence-electron chi connectivity index (χ2n) is 2.31. The van der Waals surface area contributed by atoms with Gasteiger partial charge in [0.1, 0.15) is 0 Å². The van der Waals surface area contributed by atoms with E-state index >= 15 is 0 Å². The molecule has 1 aromatic carbocycles. The van der Waals surface area contributed by atoms with Crippen LogP contribution in [-0.2, 0) is 9.09 Å². The van der Waals surface area contributed by atoms with Gasteiger partial charge in [0.25, 0.3) is 0 Å². The Balaban J connectivity index is 0. The Morgan fingerprint density at radius 1 is 1.29 bits per heavy atom. The quantitative estimate of drug-likeness (QED) is 0.375. The summed E-state index contributed by atoms with van der Waals surface area (Å²) < 4.78 is 14.4. The fourth-order valence-corrected chi connectivity index (χ4v) is 0.972. The minimum atomic E-state index is -4.39. The van der Waals surface area contributed by atoms with Crippen molar-refractivity contribution in [3.8, 4) is 0 Å². The Morgan fingerprint density at radius 3 is 2.36 bits per heavy atom. The number of phosphoric acid groups is 1. The maximum Gasteiger partial charge on any atom is 1.00 e. The Hall–Kier alpha value is -0.493. The number of rotatable bonds is 3. The Labute approximate surface area is 95.5 Å². The summed E-state index contributed by atoms with van der Waals surface area (Å²) in [5, 5.41) is 0. The number of phosphoric ester groups is 1. The van der Waals surface area contributed by atoms with Crippen LogP contribution in [0.2, 0.25) is 0 Å². The average molecular weight is 208 g/mol. The Bertz CT molecular complexity index is 338. The first-order valence-corrected chi connectivity index (χ1v) is 5.06. The second kappa shape index (κ2) is 6.08. The van der Waals surface area contributed by atoms with Crippen molar-refractivity contribution in [1.82, 2.24) is 0 Å². The van der Waals surface area contributed by atoms with Crippen molar-refractivity contribution >= 4 is 13.9 Å². The minimum absolute atomic E-state index is 0. The molecule has 72 valence electrons. The van der Waals surface area contributed by atoms with Gasteiger partial charge in [-0.3, -0.25) is 9.79 Å². The molecule has 0 heterocycles. The zero-order chi connectivity index (χ0) is 9.73. The number of benzene rings is 1. The number of hydrogen-bond acceptors (Lipinski definition) is 2. The van der Waals surface area contributed by atoms with Gasteiger partial charge in [-0.25, -0.2) is 4.57 Å². The van der Waals surface area contributed by atoms with Crippen molar-refractivity contribution in [1.29, 1.82) is 0 Å². The molecule has 0 aliphatic rings. The maximum atomic E-state index is 10.2. The molecule has 0 saturated carbocycles. The SMILES string of the molecule is O=P(O)(O)OC=Cc1ccccc1.[H-].[Li+]. The van der Waals surface area contributed by atoms with Gasteiger partial charge in [-0.2, -0.15) is 0 Å². The van der Waals surface area contributed by atoms with E-state index in [9.17, 15) is 4.57 Å². The van der Waals surface area contributed by atoms with Crippen LogP contribution in [-0.4, -0.2) is 9.79 Å². The van der Waals surface area contributed by atoms with Gasteiger partial charge >= 0.3 is 26.7 Å². The fraction of sp³-hybridized carbons (Fsp3) is 0. The van der Waals surface area contributed by atoms with Crippen LogP contribution in [0.3, 0.4) is 0 Å². The Morgan fingerprint density at radius 2 is 1.86 bits per heavy atom. The summed E-state index contributed by atoms with van der Waals surface area (Å²) in [6, 6.07) is 9.06. The molecule has 4 nitrogen and oxygen atoms in total. The van der Waals surface area contributed by atoms with Crippen molar-refractivity contribution in [2.75, 3.05) is 0 Å². The van der Waals surface area contributed by atoms with Crippen LogP contribution in [0.4, 0.5) is 0 Å². The maximum absolute atomic E-state index is 10.2. The monoisotopic (exact) mass is 208 g/mol. The second-order valence-corrected chi connectivity index (χ2v) is 3.50.